The third-order valence-corrected chi connectivity index (χ3v) is 5.80. The van der Waals surface area contributed by atoms with Gasteiger partial charge >= 0.3 is 0 Å². The maximum atomic E-state index is 12.2. The Bertz CT molecular complexity index is 264. The van der Waals surface area contributed by atoms with Gasteiger partial charge in [-0.05, 0) is 18.2 Å². The lowest BCUT2D eigenvalue weighted by Gasteiger charge is -2.37. The average Bonchev–Trinajstić information content (AvgIpc) is 2.44. The highest BCUT2D eigenvalue weighted by Crippen LogP contribution is 2.36. The van der Waals surface area contributed by atoms with Crippen molar-refractivity contribution in [3.63, 3.8) is 0 Å². The minimum atomic E-state index is -1.04. The lowest BCUT2D eigenvalue weighted by atomic mass is 10.0. The van der Waals surface area contributed by atoms with E-state index in [2.05, 4.69) is 17.3 Å². The van der Waals surface area contributed by atoms with Gasteiger partial charge in [0, 0.05) is 32.4 Å². The summed E-state index contributed by atoms with van der Waals surface area (Å²) in [7, 11) is 2.06. The molecule has 1 amide bonds. The van der Waals surface area contributed by atoms with Gasteiger partial charge in [-0.3, -0.25) is 4.79 Å². The van der Waals surface area contributed by atoms with E-state index in [4.69, 9.17) is 0 Å². The predicted molar refractivity (Wildman–Crippen MR) is 59.8 cm³/mol. The molecule has 0 aliphatic carbocycles. The highest BCUT2D eigenvalue weighted by atomic mass is 32.2. The number of rotatable bonds is 1. The second-order valence-electron chi connectivity index (χ2n) is 4.48. The molecule has 5 heteroatoms. The zero-order chi connectivity index (χ0) is 11.1. The Hall–Kier alpha value is -0.260. The van der Waals surface area contributed by atoms with Crippen LogP contribution in [-0.2, 0) is 16.0 Å². The third kappa shape index (κ3) is 1.77. The Labute approximate surface area is 93.6 Å². The van der Waals surface area contributed by atoms with Gasteiger partial charge in [0.15, 0.2) is 5.25 Å². The summed E-state index contributed by atoms with van der Waals surface area (Å²) in [5, 5.41) is 2.69. The minimum absolute atomic E-state index is 0.0135. The first kappa shape index (κ1) is 11.2. The molecule has 2 aliphatic heterocycles. The molecule has 86 valence electrons. The summed E-state index contributed by atoms with van der Waals surface area (Å²) in [6, 6.07) is 0. The van der Waals surface area contributed by atoms with E-state index in [-0.39, 0.29) is 11.2 Å². The van der Waals surface area contributed by atoms with Crippen LogP contribution in [0.4, 0.5) is 0 Å². The molecule has 0 aromatic heterocycles. The van der Waals surface area contributed by atoms with E-state index in [0.29, 0.717) is 6.42 Å². The fourth-order valence-corrected chi connectivity index (χ4v) is 4.25. The van der Waals surface area contributed by atoms with Gasteiger partial charge in [0.2, 0.25) is 4.87 Å². The summed E-state index contributed by atoms with van der Waals surface area (Å²) in [6.45, 7) is 3.76. The van der Waals surface area contributed by atoms with Crippen LogP contribution < -0.4 is 5.32 Å². The molecule has 0 saturated carbocycles. The molecule has 15 heavy (non-hydrogen) atoms. The quantitative estimate of drug-likeness (QED) is 0.648. The summed E-state index contributed by atoms with van der Waals surface area (Å²) in [6.07, 6.45) is 2.31. The Morgan fingerprint density at radius 2 is 2.20 bits per heavy atom. The highest BCUT2D eigenvalue weighted by Gasteiger charge is 2.56. The molecule has 2 heterocycles. The van der Waals surface area contributed by atoms with Crippen molar-refractivity contribution in [2.24, 2.45) is 0 Å². The van der Waals surface area contributed by atoms with E-state index >= 15 is 0 Å². The molecular formula is C10H18N2O2S. The first-order valence-electron chi connectivity index (χ1n) is 5.50. The number of hydrogen-bond acceptors (Lipinski definition) is 3. The number of likely N-dealkylation sites (tertiary alicyclic amines) is 1. The van der Waals surface area contributed by atoms with Crippen LogP contribution in [0.1, 0.15) is 26.2 Å². The van der Waals surface area contributed by atoms with Crippen molar-refractivity contribution in [2.75, 3.05) is 20.1 Å². The van der Waals surface area contributed by atoms with Crippen molar-refractivity contribution in [1.82, 2.24) is 10.2 Å². The zero-order valence-electron chi connectivity index (χ0n) is 9.28. The monoisotopic (exact) mass is 230 g/mol. The Kier molecular flexibility index (Phi) is 2.96. The van der Waals surface area contributed by atoms with Crippen LogP contribution in [0.15, 0.2) is 0 Å². The molecule has 1 spiro atoms. The zero-order valence-corrected chi connectivity index (χ0v) is 10.1. The number of hydrogen-bond donors (Lipinski definition) is 1. The van der Waals surface area contributed by atoms with Crippen LogP contribution in [-0.4, -0.2) is 45.6 Å². The number of nitrogens with one attached hydrogen (secondary N) is 1. The van der Waals surface area contributed by atoms with Gasteiger partial charge in [-0.15, -0.1) is 0 Å². The van der Waals surface area contributed by atoms with Gasteiger partial charge in [0.25, 0.3) is 5.91 Å². The molecule has 2 atom stereocenters. The van der Waals surface area contributed by atoms with Crippen LogP contribution in [0.25, 0.3) is 0 Å². The van der Waals surface area contributed by atoms with E-state index in [9.17, 15) is 9.35 Å². The third-order valence-electron chi connectivity index (χ3n) is 3.45. The van der Waals surface area contributed by atoms with Crippen molar-refractivity contribution >= 4 is 17.1 Å². The molecular weight excluding hydrogens is 212 g/mol. The van der Waals surface area contributed by atoms with Crippen molar-refractivity contribution in [3.05, 3.63) is 0 Å². The Morgan fingerprint density at radius 1 is 1.60 bits per heavy atom. The molecule has 0 bridgehead atoms. The van der Waals surface area contributed by atoms with Crippen molar-refractivity contribution in [3.8, 4) is 0 Å². The molecule has 0 radical (unpaired) electrons. The maximum Gasteiger partial charge on any atom is 0.277 e. The fraction of sp³-hybridized carbons (Fsp3) is 0.900. The van der Waals surface area contributed by atoms with Gasteiger partial charge < -0.3 is 14.8 Å². The van der Waals surface area contributed by atoms with Crippen molar-refractivity contribution in [1.29, 1.82) is 0 Å². The topological polar surface area (TPSA) is 55.4 Å². The average molecular weight is 230 g/mol. The normalized spacial score (nSPS) is 35.8. The first-order valence-corrected chi connectivity index (χ1v) is 6.71. The molecule has 2 rings (SSSR count). The molecule has 2 fully saturated rings. The van der Waals surface area contributed by atoms with Crippen LogP contribution in [0.3, 0.4) is 0 Å². The summed E-state index contributed by atoms with van der Waals surface area (Å²) >= 11 is -1.04. The number of piperidine rings is 1. The fourth-order valence-electron chi connectivity index (χ4n) is 2.37. The molecule has 1 N–H and O–H groups in total. The summed E-state index contributed by atoms with van der Waals surface area (Å²) in [5.74, 6) is -0.0135. The molecule has 2 saturated heterocycles. The molecule has 2 aliphatic rings. The smallest absolute Gasteiger partial charge is 0.277 e. The number of amides is 1. The van der Waals surface area contributed by atoms with E-state index in [0.717, 1.165) is 25.9 Å². The summed E-state index contributed by atoms with van der Waals surface area (Å²) < 4.78 is 12.2. The first-order chi connectivity index (χ1) is 7.09. The van der Waals surface area contributed by atoms with E-state index in [1.54, 1.807) is 0 Å². The van der Waals surface area contributed by atoms with E-state index in [1.807, 2.05) is 6.92 Å². The van der Waals surface area contributed by atoms with Gasteiger partial charge in [-0.1, -0.05) is 6.92 Å². The van der Waals surface area contributed by atoms with Crippen molar-refractivity contribution in [2.45, 2.75) is 36.3 Å². The Balaban J connectivity index is 2.13. The predicted octanol–water partition coefficient (Wildman–Crippen LogP) is 0.0654. The second kappa shape index (κ2) is 3.96. The lowest BCUT2D eigenvalue weighted by Crippen LogP contribution is -2.53. The minimum Gasteiger partial charge on any atom is -0.614 e. The lowest BCUT2D eigenvalue weighted by molar-refractivity contribution is -0.120. The van der Waals surface area contributed by atoms with Gasteiger partial charge in [0.1, 0.15) is 0 Å². The number of carbonyl (C=O) groups excluding carboxylic acids is 1. The summed E-state index contributed by atoms with van der Waals surface area (Å²) in [4.78, 5) is 13.5. The standard InChI is InChI=1S/C10H18N2O2S/c1-3-8-9(13)11-10(15(8)14)4-6-12(2)7-5-10/h8H,3-7H2,1-2H3,(H,11,13)/t8-,15?/m0/s1. The van der Waals surface area contributed by atoms with Crippen LogP contribution >= 0.6 is 0 Å². The Morgan fingerprint density at radius 3 is 2.67 bits per heavy atom. The summed E-state index contributed by atoms with van der Waals surface area (Å²) in [5.41, 5.74) is 0. The SMILES string of the molecule is CC[C@H]1C(=O)NC2(CCN(C)CC2)[S+]1[O-]. The number of carbonyl (C=O) groups is 1. The largest absolute Gasteiger partial charge is 0.614 e. The highest BCUT2D eigenvalue weighted by molar-refractivity contribution is 7.94. The number of nitrogens with zero attached hydrogens (tertiary/aromatic N) is 1. The second-order valence-corrected chi connectivity index (χ2v) is 6.43. The maximum absolute atomic E-state index is 12.2. The van der Waals surface area contributed by atoms with Gasteiger partial charge in [-0.25, -0.2) is 0 Å². The van der Waals surface area contributed by atoms with Crippen LogP contribution in [0, 0.1) is 0 Å². The molecule has 1 unspecified atom stereocenters. The van der Waals surface area contributed by atoms with E-state index in [1.165, 1.54) is 0 Å². The van der Waals surface area contributed by atoms with Gasteiger partial charge in [-0.2, -0.15) is 0 Å². The molecule has 4 nitrogen and oxygen atoms in total. The van der Waals surface area contributed by atoms with Crippen molar-refractivity contribution < 1.29 is 9.35 Å². The molecule has 0 aromatic rings. The molecule has 0 aromatic carbocycles. The van der Waals surface area contributed by atoms with Crippen LogP contribution in [0.2, 0.25) is 0 Å². The van der Waals surface area contributed by atoms with Gasteiger partial charge in [0.05, 0.1) is 0 Å². The van der Waals surface area contributed by atoms with Crippen LogP contribution in [0.5, 0.6) is 0 Å². The van der Waals surface area contributed by atoms with E-state index < -0.39 is 16.0 Å².